The molecule has 0 aliphatic carbocycles. The van der Waals surface area contributed by atoms with E-state index in [0.29, 0.717) is 0 Å². The molecule has 1 fully saturated rings. The molecule has 1 aromatic carbocycles. The van der Waals surface area contributed by atoms with Crippen LogP contribution in [0.2, 0.25) is 0 Å². The van der Waals surface area contributed by atoms with Gasteiger partial charge in [-0.3, -0.25) is 0 Å². The van der Waals surface area contributed by atoms with Gasteiger partial charge in [0.05, 0.1) is 32.1 Å². The molecule has 0 radical (unpaired) electrons. The van der Waals surface area contributed by atoms with Crippen molar-refractivity contribution in [2.45, 2.75) is 12.0 Å². The van der Waals surface area contributed by atoms with E-state index in [-0.39, 0.29) is 12.1 Å². The zero-order valence-electron chi connectivity index (χ0n) is 11.8. The quantitative estimate of drug-likeness (QED) is 0.828. The second-order valence-electron chi connectivity index (χ2n) is 4.90. The van der Waals surface area contributed by atoms with Crippen LogP contribution in [0.4, 0.5) is 5.69 Å². The summed E-state index contributed by atoms with van der Waals surface area (Å²) >= 11 is 0. The highest BCUT2D eigenvalue weighted by Gasteiger charge is 2.37. The second kappa shape index (κ2) is 5.67. The number of aliphatic hydroxyl groups excluding tert-OH is 1. The molecule has 1 aliphatic rings. The van der Waals surface area contributed by atoms with Crippen LogP contribution in [0.15, 0.2) is 18.2 Å². The minimum atomic E-state index is -0.217. The fraction of sp³-hybridized carbons (Fsp3) is 0.571. The normalized spacial score (nSPS) is 22.6. The first kappa shape index (κ1) is 14.0. The highest BCUT2D eigenvalue weighted by molar-refractivity contribution is 5.62. The number of aliphatic hydroxyl groups is 1. The number of nitrogens with one attached hydrogen (secondary N) is 1. The first-order valence-electron chi connectivity index (χ1n) is 6.45. The smallest absolute Gasteiger partial charge is 0.145 e. The molecule has 0 bridgehead atoms. The summed E-state index contributed by atoms with van der Waals surface area (Å²) in [4.78, 5) is 2.23. The van der Waals surface area contributed by atoms with E-state index in [0.717, 1.165) is 36.7 Å². The van der Waals surface area contributed by atoms with Crippen LogP contribution >= 0.6 is 0 Å². The van der Waals surface area contributed by atoms with Crippen LogP contribution in [0.5, 0.6) is 11.5 Å². The van der Waals surface area contributed by atoms with E-state index in [4.69, 9.17) is 9.47 Å². The van der Waals surface area contributed by atoms with Crippen molar-refractivity contribution >= 4 is 5.69 Å². The average molecular weight is 266 g/mol. The summed E-state index contributed by atoms with van der Waals surface area (Å²) in [7, 11) is 5.19. The number of ether oxygens (including phenoxy) is 2. The third-order valence-electron chi connectivity index (χ3n) is 3.91. The largest absolute Gasteiger partial charge is 0.497 e. The van der Waals surface area contributed by atoms with Gasteiger partial charge in [0, 0.05) is 19.2 Å². The molecule has 5 heteroatoms. The van der Waals surface area contributed by atoms with Crippen molar-refractivity contribution in [2.75, 3.05) is 45.9 Å². The maximum absolute atomic E-state index is 9.55. The molecule has 2 N–H and O–H groups in total. The van der Waals surface area contributed by atoms with Crippen LogP contribution in [-0.4, -0.2) is 51.6 Å². The predicted octanol–water partition coefficient (Wildman–Crippen LogP) is 0.864. The third kappa shape index (κ3) is 2.62. The molecule has 19 heavy (non-hydrogen) atoms. The highest BCUT2D eigenvalue weighted by atomic mass is 16.5. The van der Waals surface area contributed by atoms with Gasteiger partial charge in [-0.2, -0.15) is 0 Å². The van der Waals surface area contributed by atoms with E-state index in [1.807, 2.05) is 25.2 Å². The van der Waals surface area contributed by atoms with Gasteiger partial charge in [-0.25, -0.2) is 0 Å². The molecular formula is C14H22N2O3. The van der Waals surface area contributed by atoms with Gasteiger partial charge in [0.15, 0.2) is 0 Å². The van der Waals surface area contributed by atoms with Crippen LogP contribution < -0.4 is 19.7 Å². The third-order valence-corrected chi connectivity index (χ3v) is 3.91. The van der Waals surface area contributed by atoms with Crippen molar-refractivity contribution in [1.82, 2.24) is 5.32 Å². The summed E-state index contributed by atoms with van der Waals surface area (Å²) in [6.45, 7) is 1.80. The van der Waals surface area contributed by atoms with E-state index < -0.39 is 0 Å². The van der Waals surface area contributed by atoms with Gasteiger partial charge in [0.25, 0.3) is 0 Å². The van der Waals surface area contributed by atoms with E-state index in [9.17, 15) is 5.11 Å². The first-order chi connectivity index (χ1) is 9.18. The number of likely N-dealkylation sites (N-methyl/N-ethyl adjacent to an activating group) is 1. The summed E-state index contributed by atoms with van der Waals surface area (Å²) in [6, 6.07) is 5.81. The Morgan fingerprint density at radius 2 is 2.16 bits per heavy atom. The Morgan fingerprint density at radius 1 is 1.37 bits per heavy atom. The number of hydrogen-bond donors (Lipinski definition) is 2. The molecular weight excluding hydrogens is 244 g/mol. The molecule has 2 rings (SSSR count). The topological polar surface area (TPSA) is 54.0 Å². The van der Waals surface area contributed by atoms with E-state index in [1.54, 1.807) is 14.2 Å². The zero-order chi connectivity index (χ0) is 13.9. The lowest BCUT2D eigenvalue weighted by molar-refractivity contribution is 0.184. The number of benzene rings is 1. The SMILES string of the molecule is CNC1(CO)CCN(c2ccc(OC)cc2OC)C1. The molecule has 1 unspecified atom stereocenters. The summed E-state index contributed by atoms with van der Waals surface area (Å²) in [6.07, 6.45) is 0.912. The van der Waals surface area contributed by atoms with Gasteiger partial charge in [-0.1, -0.05) is 0 Å². The molecule has 5 nitrogen and oxygen atoms in total. The molecule has 0 spiro atoms. The lowest BCUT2D eigenvalue weighted by atomic mass is 10.0. The van der Waals surface area contributed by atoms with Crippen LogP contribution in [0.3, 0.4) is 0 Å². The molecule has 1 saturated heterocycles. The highest BCUT2D eigenvalue weighted by Crippen LogP contribution is 2.35. The fourth-order valence-electron chi connectivity index (χ4n) is 2.54. The standard InChI is InChI=1S/C14H22N2O3/c1-15-14(10-17)6-7-16(9-14)12-5-4-11(18-2)8-13(12)19-3/h4-5,8,15,17H,6-7,9-10H2,1-3H3. The molecule has 106 valence electrons. The Morgan fingerprint density at radius 3 is 2.68 bits per heavy atom. The minimum absolute atomic E-state index is 0.137. The van der Waals surface area contributed by atoms with Crippen LogP contribution in [0, 0.1) is 0 Å². The van der Waals surface area contributed by atoms with Crippen molar-refractivity contribution in [3.05, 3.63) is 18.2 Å². The lowest BCUT2D eigenvalue weighted by Gasteiger charge is -2.28. The number of nitrogens with zero attached hydrogens (tertiary/aromatic N) is 1. The van der Waals surface area contributed by atoms with Gasteiger partial charge >= 0.3 is 0 Å². The fourth-order valence-corrected chi connectivity index (χ4v) is 2.54. The summed E-state index contributed by atoms with van der Waals surface area (Å²) in [5.74, 6) is 1.58. The van der Waals surface area contributed by atoms with Gasteiger partial charge < -0.3 is 24.8 Å². The zero-order valence-corrected chi connectivity index (χ0v) is 11.8. The van der Waals surface area contributed by atoms with Crippen molar-refractivity contribution < 1.29 is 14.6 Å². The summed E-state index contributed by atoms with van der Waals surface area (Å²) in [5.41, 5.74) is 0.819. The van der Waals surface area contributed by atoms with Gasteiger partial charge in [0.2, 0.25) is 0 Å². The van der Waals surface area contributed by atoms with Gasteiger partial charge in [-0.15, -0.1) is 0 Å². The Balaban J connectivity index is 2.24. The monoisotopic (exact) mass is 266 g/mol. The second-order valence-corrected chi connectivity index (χ2v) is 4.90. The van der Waals surface area contributed by atoms with E-state index in [1.165, 1.54) is 0 Å². The van der Waals surface area contributed by atoms with Gasteiger partial charge in [0.1, 0.15) is 11.5 Å². The Kier molecular flexibility index (Phi) is 4.17. The van der Waals surface area contributed by atoms with Crippen LogP contribution in [0.25, 0.3) is 0 Å². The maximum atomic E-state index is 9.55. The first-order valence-corrected chi connectivity index (χ1v) is 6.45. The lowest BCUT2D eigenvalue weighted by Crippen LogP contribution is -2.48. The Hall–Kier alpha value is -1.46. The number of methoxy groups -OCH3 is 2. The van der Waals surface area contributed by atoms with Crippen molar-refractivity contribution in [1.29, 1.82) is 0 Å². The van der Waals surface area contributed by atoms with Crippen molar-refractivity contribution in [2.24, 2.45) is 0 Å². The molecule has 1 atom stereocenters. The average Bonchev–Trinajstić information content (AvgIpc) is 2.91. The summed E-state index contributed by atoms with van der Waals surface area (Å²) < 4.78 is 10.6. The molecule has 0 aromatic heterocycles. The number of rotatable bonds is 5. The molecule has 1 aromatic rings. The molecule has 1 aliphatic heterocycles. The van der Waals surface area contributed by atoms with E-state index >= 15 is 0 Å². The molecule has 0 saturated carbocycles. The van der Waals surface area contributed by atoms with Gasteiger partial charge in [-0.05, 0) is 25.6 Å². The molecule has 0 amide bonds. The summed E-state index contributed by atoms with van der Waals surface area (Å²) in [5, 5.41) is 12.8. The maximum Gasteiger partial charge on any atom is 0.145 e. The van der Waals surface area contributed by atoms with Crippen molar-refractivity contribution in [3.8, 4) is 11.5 Å². The number of anilines is 1. The predicted molar refractivity (Wildman–Crippen MR) is 75.3 cm³/mol. The van der Waals surface area contributed by atoms with Crippen LogP contribution in [0.1, 0.15) is 6.42 Å². The molecule has 1 heterocycles. The van der Waals surface area contributed by atoms with Crippen LogP contribution in [-0.2, 0) is 0 Å². The minimum Gasteiger partial charge on any atom is -0.497 e. The number of hydrogen-bond acceptors (Lipinski definition) is 5. The Labute approximate surface area is 114 Å². The Bertz CT molecular complexity index is 433. The van der Waals surface area contributed by atoms with E-state index in [2.05, 4.69) is 10.2 Å². The van der Waals surface area contributed by atoms with Crippen molar-refractivity contribution in [3.63, 3.8) is 0 Å².